The van der Waals surface area contributed by atoms with E-state index in [2.05, 4.69) is 11.8 Å². The predicted octanol–water partition coefficient (Wildman–Crippen LogP) is 2.33. The molecular formula is C15H20FNO2. The zero-order chi connectivity index (χ0) is 14.3. The second-order valence-corrected chi connectivity index (χ2v) is 4.99. The molecule has 0 unspecified atom stereocenters. The summed E-state index contributed by atoms with van der Waals surface area (Å²) >= 11 is 0. The molecule has 104 valence electrons. The molecule has 0 aliphatic rings. The summed E-state index contributed by atoms with van der Waals surface area (Å²) in [7, 11) is 0. The number of benzene rings is 1. The predicted molar refractivity (Wildman–Crippen MR) is 73.5 cm³/mol. The average molecular weight is 265 g/mol. The fraction of sp³-hybridized carbons (Fsp3) is 0.467. The number of ether oxygens (including phenoxy) is 2. The highest BCUT2D eigenvalue weighted by molar-refractivity contribution is 5.40. The highest BCUT2D eigenvalue weighted by atomic mass is 19.1. The Morgan fingerprint density at radius 1 is 1.21 bits per heavy atom. The molecule has 2 N–H and O–H groups in total. The fourth-order valence-corrected chi connectivity index (χ4v) is 1.38. The Kier molecular flexibility index (Phi) is 5.81. The number of nitrogens with two attached hydrogens (primary N) is 1. The van der Waals surface area contributed by atoms with E-state index in [1.807, 2.05) is 20.8 Å². The van der Waals surface area contributed by atoms with Crippen LogP contribution < -0.4 is 10.5 Å². The minimum absolute atomic E-state index is 0.205. The molecule has 19 heavy (non-hydrogen) atoms. The maximum absolute atomic E-state index is 13.3. The maximum atomic E-state index is 13.3. The van der Waals surface area contributed by atoms with Crippen molar-refractivity contribution < 1.29 is 13.9 Å². The van der Waals surface area contributed by atoms with Crippen LogP contribution in [-0.2, 0) is 4.74 Å². The van der Waals surface area contributed by atoms with Crippen LogP contribution in [0.4, 0.5) is 4.39 Å². The van der Waals surface area contributed by atoms with Gasteiger partial charge in [0.15, 0.2) is 0 Å². The molecule has 0 aromatic heterocycles. The van der Waals surface area contributed by atoms with Crippen LogP contribution in [0.5, 0.6) is 5.75 Å². The fourth-order valence-electron chi connectivity index (χ4n) is 1.38. The summed E-state index contributed by atoms with van der Waals surface area (Å²) in [5.41, 5.74) is 5.62. The van der Waals surface area contributed by atoms with Gasteiger partial charge in [-0.15, -0.1) is 0 Å². The largest absolute Gasteiger partial charge is 0.491 e. The number of rotatable bonds is 4. The molecule has 0 amide bonds. The lowest BCUT2D eigenvalue weighted by Crippen LogP contribution is -2.22. The topological polar surface area (TPSA) is 44.5 Å². The van der Waals surface area contributed by atoms with Gasteiger partial charge >= 0.3 is 0 Å². The van der Waals surface area contributed by atoms with Crippen LogP contribution in [0.3, 0.4) is 0 Å². The van der Waals surface area contributed by atoms with Crippen molar-refractivity contribution in [3.05, 3.63) is 29.6 Å². The molecule has 0 spiro atoms. The third-order valence-electron chi connectivity index (χ3n) is 2.09. The van der Waals surface area contributed by atoms with E-state index in [1.54, 1.807) is 6.07 Å². The average Bonchev–Trinajstić information content (AvgIpc) is 2.30. The lowest BCUT2D eigenvalue weighted by Gasteiger charge is -2.19. The van der Waals surface area contributed by atoms with Crippen LogP contribution in [0.1, 0.15) is 26.3 Å². The lowest BCUT2D eigenvalue weighted by atomic mass is 10.2. The normalized spacial score (nSPS) is 10.8. The Labute approximate surface area is 113 Å². The SMILES string of the molecule is CC(C)(C)OCCOc1cc(F)cc(C#CCN)c1. The van der Waals surface area contributed by atoms with Crippen LogP contribution in [0.2, 0.25) is 0 Å². The van der Waals surface area contributed by atoms with Crippen LogP contribution in [0, 0.1) is 17.7 Å². The van der Waals surface area contributed by atoms with E-state index in [0.29, 0.717) is 24.5 Å². The van der Waals surface area contributed by atoms with Crippen molar-refractivity contribution in [2.75, 3.05) is 19.8 Å². The molecular weight excluding hydrogens is 245 g/mol. The van der Waals surface area contributed by atoms with Gasteiger partial charge in [0.2, 0.25) is 0 Å². The van der Waals surface area contributed by atoms with Crippen LogP contribution in [0.25, 0.3) is 0 Å². The van der Waals surface area contributed by atoms with Gasteiger partial charge in [0.25, 0.3) is 0 Å². The molecule has 1 aromatic rings. The summed E-state index contributed by atoms with van der Waals surface area (Å²) in [6.07, 6.45) is 0. The molecule has 0 bridgehead atoms. The summed E-state index contributed by atoms with van der Waals surface area (Å²) in [6.45, 7) is 6.96. The van der Waals surface area contributed by atoms with Gasteiger partial charge in [0, 0.05) is 11.6 Å². The first-order valence-electron chi connectivity index (χ1n) is 6.17. The third-order valence-corrected chi connectivity index (χ3v) is 2.09. The molecule has 0 atom stereocenters. The zero-order valence-corrected chi connectivity index (χ0v) is 11.6. The Bertz CT molecular complexity index is 469. The summed E-state index contributed by atoms with van der Waals surface area (Å²) in [6, 6.07) is 4.36. The standard InChI is InChI=1S/C15H20FNO2/c1-15(2,3)19-8-7-18-14-10-12(5-4-6-17)9-13(16)11-14/h9-11H,6-8,17H2,1-3H3. The highest BCUT2D eigenvalue weighted by Crippen LogP contribution is 2.16. The Morgan fingerprint density at radius 3 is 2.58 bits per heavy atom. The molecule has 0 aliphatic heterocycles. The molecule has 4 heteroatoms. The van der Waals surface area contributed by atoms with Crippen LogP contribution in [0.15, 0.2) is 18.2 Å². The van der Waals surface area contributed by atoms with Gasteiger partial charge < -0.3 is 15.2 Å². The molecule has 1 aromatic carbocycles. The van der Waals surface area contributed by atoms with Crippen molar-refractivity contribution in [3.8, 4) is 17.6 Å². The van der Waals surface area contributed by atoms with E-state index in [4.69, 9.17) is 15.2 Å². The zero-order valence-electron chi connectivity index (χ0n) is 11.6. The van der Waals surface area contributed by atoms with E-state index < -0.39 is 0 Å². The van der Waals surface area contributed by atoms with Gasteiger partial charge in [-0.1, -0.05) is 11.8 Å². The van der Waals surface area contributed by atoms with Gasteiger partial charge in [-0.25, -0.2) is 4.39 Å². The molecule has 0 fully saturated rings. The second kappa shape index (κ2) is 7.13. The first-order chi connectivity index (χ1) is 8.90. The van der Waals surface area contributed by atoms with Crippen molar-refractivity contribution in [1.29, 1.82) is 0 Å². The Hall–Kier alpha value is -1.57. The van der Waals surface area contributed by atoms with Crippen molar-refractivity contribution in [2.24, 2.45) is 5.73 Å². The van der Waals surface area contributed by atoms with Crippen LogP contribution >= 0.6 is 0 Å². The minimum Gasteiger partial charge on any atom is -0.491 e. The maximum Gasteiger partial charge on any atom is 0.128 e. The molecule has 0 radical (unpaired) electrons. The molecule has 0 saturated carbocycles. The first kappa shape index (κ1) is 15.5. The summed E-state index contributed by atoms with van der Waals surface area (Å²) < 4.78 is 24.3. The van der Waals surface area contributed by atoms with Gasteiger partial charge in [-0.2, -0.15) is 0 Å². The first-order valence-corrected chi connectivity index (χ1v) is 6.17. The van der Waals surface area contributed by atoms with E-state index in [-0.39, 0.29) is 18.0 Å². The third kappa shape index (κ3) is 6.80. The Morgan fingerprint density at radius 2 is 1.95 bits per heavy atom. The van der Waals surface area contributed by atoms with E-state index in [9.17, 15) is 4.39 Å². The quantitative estimate of drug-likeness (QED) is 0.671. The number of halogens is 1. The molecule has 3 nitrogen and oxygen atoms in total. The van der Waals surface area contributed by atoms with Crippen molar-refractivity contribution in [3.63, 3.8) is 0 Å². The minimum atomic E-state index is -0.379. The van der Waals surface area contributed by atoms with Gasteiger partial charge in [0.05, 0.1) is 18.8 Å². The summed E-state index contributed by atoms with van der Waals surface area (Å²) in [4.78, 5) is 0. The van der Waals surface area contributed by atoms with Gasteiger partial charge in [-0.05, 0) is 32.9 Å². The van der Waals surface area contributed by atoms with Crippen molar-refractivity contribution >= 4 is 0 Å². The molecule has 0 saturated heterocycles. The molecule has 0 heterocycles. The number of hydrogen-bond donors (Lipinski definition) is 1. The van der Waals surface area contributed by atoms with Crippen LogP contribution in [-0.4, -0.2) is 25.4 Å². The lowest BCUT2D eigenvalue weighted by molar-refractivity contribution is -0.0163. The van der Waals surface area contributed by atoms with Crippen molar-refractivity contribution in [1.82, 2.24) is 0 Å². The smallest absolute Gasteiger partial charge is 0.128 e. The highest BCUT2D eigenvalue weighted by Gasteiger charge is 2.09. The van der Waals surface area contributed by atoms with Gasteiger partial charge in [0.1, 0.15) is 18.2 Å². The van der Waals surface area contributed by atoms with Gasteiger partial charge in [-0.3, -0.25) is 0 Å². The van der Waals surface area contributed by atoms with E-state index >= 15 is 0 Å². The monoisotopic (exact) mass is 265 g/mol. The van der Waals surface area contributed by atoms with E-state index in [1.165, 1.54) is 12.1 Å². The molecule has 1 rings (SSSR count). The van der Waals surface area contributed by atoms with E-state index in [0.717, 1.165) is 0 Å². The summed E-state index contributed by atoms with van der Waals surface area (Å²) in [5, 5.41) is 0. The summed E-state index contributed by atoms with van der Waals surface area (Å²) in [5.74, 6) is 5.52. The second-order valence-electron chi connectivity index (χ2n) is 4.99. The van der Waals surface area contributed by atoms with Crippen molar-refractivity contribution in [2.45, 2.75) is 26.4 Å². The Balaban J connectivity index is 2.56. The number of hydrogen-bond acceptors (Lipinski definition) is 3. The molecule has 0 aliphatic carbocycles.